The van der Waals surface area contributed by atoms with Gasteiger partial charge in [-0.2, -0.15) is 0 Å². The standard InChI is InChI=1S/C21H32O3/c1-14(2)16(5)23-19-10-6-17(7-11-19)18-8-12-20(13-9-18)24-21(22)15(3)4/h17-20H,1,3,5-13H2,2,4H3. The molecule has 0 aromatic carbocycles. The summed E-state index contributed by atoms with van der Waals surface area (Å²) < 4.78 is 11.4. The quantitative estimate of drug-likeness (QED) is 0.285. The first kappa shape index (κ1) is 18.8. The SMILES string of the molecule is C=C(C)C(=C)OC1CCC(C2CCC(OC(=O)C(=C)C)CC2)CC1. The molecule has 2 aliphatic carbocycles. The van der Waals surface area contributed by atoms with E-state index >= 15 is 0 Å². The van der Waals surface area contributed by atoms with Gasteiger partial charge in [0.2, 0.25) is 0 Å². The summed E-state index contributed by atoms with van der Waals surface area (Å²) in [4.78, 5) is 11.6. The Balaban J connectivity index is 1.70. The average Bonchev–Trinajstić information content (AvgIpc) is 2.56. The van der Waals surface area contributed by atoms with Gasteiger partial charge in [0.15, 0.2) is 0 Å². The summed E-state index contributed by atoms with van der Waals surface area (Å²) in [6.45, 7) is 15.1. The number of hydrogen-bond acceptors (Lipinski definition) is 3. The summed E-state index contributed by atoms with van der Waals surface area (Å²) >= 11 is 0. The van der Waals surface area contributed by atoms with E-state index in [1.54, 1.807) is 6.92 Å². The van der Waals surface area contributed by atoms with Crippen LogP contribution in [-0.4, -0.2) is 18.2 Å². The van der Waals surface area contributed by atoms with Gasteiger partial charge in [-0.1, -0.05) is 19.7 Å². The smallest absolute Gasteiger partial charge is 0.333 e. The van der Waals surface area contributed by atoms with Gasteiger partial charge in [0.25, 0.3) is 0 Å². The van der Waals surface area contributed by atoms with E-state index in [4.69, 9.17) is 9.47 Å². The number of rotatable bonds is 6. The lowest BCUT2D eigenvalue weighted by Gasteiger charge is -2.37. The third-order valence-electron chi connectivity index (χ3n) is 5.51. The monoisotopic (exact) mass is 332 g/mol. The molecule has 134 valence electrons. The lowest BCUT2D eigenvalue weighted by atomic mass is 9.72. The molecule has 2 rings (SSSR count). The minimum absolute atomic E-state index is 0.0870. The van der Waals surface area contributed by atoms with E-state index in [9.17, 15) is 4.79 Å². The number of ether oxygens (including phenoxy) is 2. The van der Waals surface area contributed by atoms with E-state index in [0.29, 0.717) is 11.7 Å². The molecule has 0 aromatic heterocycles. The van der Waals surface area contributed by atoms with Crippen molar-refractivity contribution in [1.82, 2.24) is 0 Å². The Morgan fingerprint density at radius 3 is 1.50 bits per heavy atom. The summed E-state index contributed by atoms with van der Waals surface area (Å²) in [6.07, 6.45) is 9.40. The van der Waals surface area contributed by atoms with Gasteiger partial charge in [-0.15, -0.1) is 0 Å². The highest BCUT2D eigenvalue weighted by Gasteiger charge is 2.32. The maximum absolute atomic E-state index is 11.6. The van der Waals surface area contributed by atoms with E-state index in [2.05, 4.69) is 19.7 Å². The molecule has 0 amide bonds. The van der Waals surface area contributed by atoms with Crippen LogP contribution in [0.25, 0.3) is 0 Å². The largest absolute Gasteiger partial charge is 0.491 e. The fourth-order valence-electron chi connectivity index (χ4n) is 3.91. The Kier molecular flexibility index (Phi) is 6.70. The second kappa shape index (κ2) is 8.55. The Morgan fingerprint density at radius 2 is 1.12 bits per heavy atom. The molecule has 24 heavy (non-hydrogen) atoms. The zero-order chi connectivity index (χ0) is 17.7. The van der Waals surface area contributed by atoms with Crippen LogP contribution in [0.3, 0.4) is 0 Å². The normalized spacial score (nSPS) is 30.2. The van der Waals surface area contributed by atoms with E-state index < -0.39 is 0 Å². The van der Waals surface area contributed by atoms with Gasteiger partial charge in [-0.25, -0.2) is 4.79 Å². The molecule has 3 heteroatoms. The van der Waals surface area contributed by atoms with Crippen LogP contribution in [0.1, 0.15) is 65.2 Å². The van der Waals surface area contributed by atoms with Crippen LogP contribution in [0, 0.1) is 11.8 Å². The third kappa shape index (κ3) is 5.25. The van der Waals surface area contributed by atoms with Crippen molar-refractivity contribution in [2.45, 2.75) is 77.4 Å². The fourth-order valence-corrected chi connectivity index (χ4v) is 3.91. The van der Waals surface area contributed by atoms with Crippen molar-refractivity contribution in [2.24, 2.45) is 11.8 Å². The number of allylic oxidation sites excluding steroid dienone is 1. The van der Waals surface area contributed by atoms with E-state index in [-0.39, 0.29) is 12.1 Å². The van der Waals surface area contributed by atoms with Crippen molar-refractivity contribution in [3.05, 3.63) is 36.6 Å². The van der Waals surface area contributed by atoms with E-state index in [1.165, 1.54) is 25.7 Å². The summed E-state index contributed by atoms with van der Waals surface area (Å²) in [5, 5.41) is 0. The predicted molar refractivity (Wildman–Crippen MR) is 97.4 cm³/mol. The maximum Gasteiger partial charge on any atom is 0.333 e. The van der Waals surface area contributed by atoms with Crippen LogP contribution in [0.4, 0.5) is 0 Å². The molecule has 0 bridgehead atoms. The molecule has 3 nitrogen and oxygen atoms in total. The van der Waals surface area contributed by atoms with Gasteiger partial charge in [0, 0.05) is 5.57 Å². The van der Waals surface area contributed by atoms with Crippen LogP contribution >= 0.6 is 0 Å². The minimum atomic E-state index is -0.242. The zero-order valence-corrected chi connectivity index (χ0v) is 15.3. The van der Waals surface area contributed by atoms with E-state index in [1.807, 2.05) is 6.92 Å². The van der Waals surface area contributed by atoms with Gasteiger partial charge in [0.1, 0.15) is 11.9 Å². The minimum Gasteiger partial charge on any atom is -0.491 e. The summed E-state index contributed by atoms with van der Waals surface area (Å²) in [5.41, 5.74) is 1.41. The first-order valence-corrected chi connectivity index (χ1v) is 9.24. The highest BCUT2D eigenvalue weighted by molar-refractivity contribution is 5.87. The molecule has 0 atom stereocenters. The zero-order valence-electron chi connectivity index (χ0n) is 15.3. The van der Waals surface area contributed by atoms with Crippen LogP contribution in [0.15, 0.2) is 36.6 Å². The van der Waals surface area contributed by atoms with Crippen LogP contribution in [0.2, 0.25) is 0 Å². The van der Waals surface area contributed by atoms with Gasteiger partial charge in [0.05, 0.1) is 6.10 Å². The molecular formula is C21H32O3. The van der Waals surface area contributed by atoms with Crippen molar-refractivity contribution in [2.75, 3.05) is 0 Å². The molecule has 2 fully saturated rings. The average molecular weight is 332 g/mol. The lowest BCUT2D eigenvalue weighted by molar-refractivity contribution is -0.146. The van der Waals surface area contributed by atoms with Crippen molar-refractivity contribution in [3.63, 3.8) is 0 Å². The number of esters is 1. The summed E-state index contributed by atoms with van der Waals surface area (Å²) in [6, 6.07) is 0. The van der Waals surface area contributed by atoms with Crippen LogP contribution < -0.4 is 0 Å². The Bertz CT molecular complexity index is 443. The highest BCUT2D eigenvalue weighted by Crippen LogP contribution is 2.40. The van der Waals surface area contributed by atoms with Crippen molar-refractivity contribution >= 4 is 5.97 Å². The molecule has 0 aliphatic heterocycles. The third-order valence-corrected chi connectivity index (χ3v) is 5.51. The van der Waals surface area contributed by atoms with Gasteiger partial charge in [-0.3, -0.25) is 0 Å². The molecule has 2 aliphatic rings. The molecule has 0 heterocycles. The lowest BCUT2D eigenvalue weighted by Crippen LogP contribution is -2.31. The maximum atomic E-state index is 11.6. The molecule has 0 spiro atoms. The van der Waals surface area contributed by atoms with Gasteiger partial charge >= 0.3 is 5.97 Å². The predicted octanol–water partition coefficient (Wildman–Crippen LogP) is 5.33. The Hall–Kier alpha value is -1.51. The number of carbonyl (C=O) groups excluding carboxylic acids is 1. The Morgan fingerprint density at radius 1 is 0.708 bits per heavy atom. The number of hydrogen-bond donors (Lipinski definition) is 0. The Labute approximate surface area is 146 Å². The summed E-state index contributed by atoms with van der Waals surface area (Å²) in [5.74, 6) is 2.06. The molecule has 0 saturated heterocycles. The molecule has 0 aromatic rings. The molecule has 0 radical (unpaired) electrons. The van der Waals surface area contributed by atoms with Crippen molar-refractivity contribution in [1.29, 1.82) is 0 Å². The molecule has 0 unspecified atom stereocenters. The van der Waals surface area contributed by atoms with Crippen molar-refractivity contribution in [3.8, 4) is 0 Å². The van der Waals surface area contributed by atoms with Crippen LogP contribution in [0.5, 0.6) is 0 Å². The van der Waals surface area contributed by atoms with Gasteiger partial charge in [-0.05, 0) is 82.6 Å². The first-order chi connectivity index (χ1) is 11.4. The molecule has 2 saturated carbocycles. The topological polar surface area (TPSA) is 35.5 Å². The second-order valence-electron chi connectivity index (χ2n) is 7.58. The van der Waals surface area contributed by atoms with E-state index in [0.717, 1.165) is 48.9 Å². The highest BCUT2D eigenvalue weighted by atomic mass is 16.5. The van der Waals surface area contributed by atoms with Gasteiger partial charge < -0.3 is 9.47 Å². The second-order valence-corrected chi connectivity index (χ2v) is 7.58. The van der Waals surface area contributed by atoms with Crippen LogP contribution in [-0.2, 0) is 14.3 Å². The fraction of sp³-hybridized carbons (Fsp3) is 0.667. The molecular weight excluding hydrogens is 300 g/mol. The van der Waals surface area contributed by atoms with Crippen molar-refractivity contribution < 1.29 is 14.3 Å². The number of carbonyl (C=O) groups is 1. The summed E-state index contributed by atoms with van der Waals surface area (Å²) in [7, 11) is 0. The first-order valence-electron chi connectivity index (χ1n) is 9.24. The molecule has 0 N–H and O–H groups in total.